The normalized spacial score (nSPS) is 19.4. The number of likely N-dealkylation sites (N-methyl/N-ethyl adjacent to an activating group) is 1. The van der Waals surface area contributed by atoms with Crippen molar-refractivity contribution in [3.63, 3.8) is 0 Å². The van der Waals surface area contributed by atoms with Crippen LogP contribution in [0, 0.1) is 0 Å². The third-order valence-corrected chi connectivity index (χ3v) is 3.86. The van der Waals surface area contributed by atoms with Crippen LogP contribution in [0.25, 0.3) is 0 Å². The molecule has 1 aromatic rings. The monoisotopic (exact) mass is 275 g/mol. The highest BCUT2D eigenvalue weighted by Gasteiger charge is 2.26. The van der Waals surface area contributed by atoms with Gasteiger partial charge in [-0.2, -0.15) is 0 Å². The Balaban J connectivity index is 1.91. The fourth-order valence-electron chi connectivity index (χ4n) is 2.85. The summed E-state index contributed by atoms with van der Waals surface area (Å²) >= 11 is 0. The van der Waals surface area contributed by atoms with Gasteiger partial charge in [-0.25, -0.2) is 0 Å². The maximum Gasteiger partial charge on any atom is 0.236 e. The average Bonchev–Trinajstić information content (AvgIpc) is 2.46. The number of rotatable bonds is 5. The van der Waals surface area contributed by atoms with E-state index in [-0.39, 0.29) is 5.91 Å². The highest BCUT2D eigenvalue weighted by Crippen LogP contribution is 2.21. The topological polar surface area (TPSA) is 36.4 Å². The quantitative estimate of drug-likeness (QED) is 0.824. The van der Waals surface area contributed by atoms with Crippen molar-refractivity contribution in [2.24, 2.45) is 0 Å². The van der Waals surface area contributed by atoms with Gasteiger partial charge in [-0.15, -0.1) is 0 Å². The molecule has 1 fully saturated rings. The van der Waals surface area contributed by atoms with Crippen LogP contribution in [-0.2, 0) is 11.2 Å². The number of amides is 1. The molecule has 20 heavy (non-hydrogen) atoms. The van der Waals surface area contributed by atoms with E-state index in [1.54, 1.807) is 0 Å². The molecule has 4 heteroatoms. The van der Waals surface area contributed by atoms with E-state index in [0.29, 0.717) is 12.6 Å². The summed E-state index contributed by atoms with van der Waals surface area (Å²) in [7, 11) is 3.90. The summed E-state index contributed by atoms with van der Waals surface area (Å²) in [4.78, 5) is 20.7. The van der Waals surface area contributed by atoms with Gasteiger partial charge in [0.25, 0.3) is 0 Å². The Hall–Kier alpha value is -1.42. The fourth-order valence-corrected chi connectivity index (χ4v) is 2.85. The number of carbonyl (C=O) groups excluding carboxylic acids is 1. The van der Waals surface area contributed by atoms with E-state index in [4.69, 9.17) is 0 Å². The van der Waals surface area contributed by atoms with Crippen molar-refractivity contribution in [2.75, 3.05) is 27.2 Å². The van der Waals surface area contributed by atoms with Gasteiger partial charge in [0.15, 0.2) is 0 Å². The summed E-state index contributed by atoms with van der Waals surface area (Å²) < 4.78 is 0. The van der Waals surface area contributed by atoms with Crippen molar-refractivity contribution < 1.29 is 4.79 Å². The Morgan fingerprint density at radius 3 is 2.95 bits per heavy atom. The number of aryl methyl sites for hydroxylation is 1. The van der Waals surface area contributed by atoms with Crippen LogP contribution in [0.5, 0.6) is 0 Å². The smallest absolute Gasteiger partial charge is 0.236 e. The number of carbonyl (C=O) groups is 1. The van der Waals surface area contributed by atoms with Gasteiger partial charge in [0.05, 0.1) is 6.54 Å². The lowest BCUT2D eigenvalue weighted by Gasteiger charge is -2.36. The third kappa shape index (κ3) is 4.30. The van der Waals surface area contributed by atoms with Crippen molar-refractivity contribution in [1.82, 2.24) is 14.8 Å². The lowest BCUT2D eigenvalue weighted by Crippen LogP contribution is -2.47. The molecule has 0 unspecified atom stereocenters. The molecule has 110 valence electrons. The first kappa shape index (κ1) is 15.0. The van der Waals surface area contributed by atoms with Crippen LogP contribution in [0.3, 0.4) is 0 Å². The second kappa shape index (κ2) is 7.39. The number of nitrogens with zero attached hydrogens (tertiary/aromatic N) is 3. The van der Waals surface area contributed by atoms with Gasteiger partial charge in [0, 0.05) is 24.5 Å². The van der Waals surface area contributed by atoms with E-state index >= 15 is 0 Å². The molecule has 1 saturated heterocycles. The van der Waals surface area contributed by atoms with Gasteiger partial charge in [0.2, 0.25) is 5.91 Å². The van der Waals surface area contributed by atoms with E-state index in [1.807, 2.05) is 37.3 Å². The highest BCUT2D eigenvalue weighted by molar-refractivity contribution is 5.78. The molecule has 0 radical (unpaired) electrons. The van der Waals surface area contributed by atoms with E-state index in [1.165, 1.54) is 6.42 Å². The number of hydrogen-bond acceptors (Lipinski definition) is 3. The molecule has 2 rings (SSSR count). The first-order valence-electron chi connectivity index (χ1n) is 7.51. The van der Waals surface area contributed by atoms with E-state index in [2.05, 4.69) is 16.0 Å². The third-order valence-electron chi connectivity index (χ3n) is 3.86. The maximum atomic E-state index is 12.3. The number of piperidine rings is 1. The molecule has 0 bridgehead atoms. The summed E-state index contributed by atoms with van der Waals surface area (Å²) in [6, 6.07) is 6.42. The van der Waals surface area contributed by atoms with Gasteiger partial charge >= 0.3 is 0 Å². The standard InChI is InChI=1S/C16H25N3O/c1-18(2)13-16(20)19-12-6-4-8-15(19)10-9-14-7-3-5-11-17-14/h3,5,7,11,15H,4,6,8-10,12-13H2,1-2H3/t15-/m0/s1. The molecule has 1 aliphatic rings. The summed E-state index contributed by atoms with van der Waals surface area (Å²) in [5.41, 5.74) is 1.12. The largest absolute Gasteiger partial charge is 0.339 e. The van der Waals surface area contributed by atoms with E-state index < -0.39 is 0 Å². The lowest BCUT2D eigenvalue weighted by molar-refractivity contribution is -0.135. The molecular formula is C16H25N3O. The van der Waals surface area contributed by atoms with Gasteiger partial charge in [0.1, 0.15) is 0 Å². The molecule has 1 aliphatic heterocycles. The van der Waals surface area contributed by atoms with Crippen molar-refractivity contribution >= 4 is 5.91 Å². The number of aromatic nitrogens is 1. The van der Waals surface area contributed by atoms with Crippen molar-refractivity contribution in [1.29, 1.82) is 0 Å². The molecule has 0 saturated carbocycles. The molecule has 1 aromatic heterocycles. The predicted molar refractivity (Wildman–Crippen MR) is 80.5 cm³/mol. The highest BCUT2D eigenvalue weighted by atomic mass is 16.2. The van der Waals surface area contributed by atoms with Gasteiger partial charge in [-0.05, 0) is 58.3 Å². The van der Waals surface area contributed by atoms with E-state index in [9.17, 15) is 4.79 Å². The van der Waals surface area contributed by atoms with Crippen LogP contribution < -0.4 is 0 Å². The lowest BCUT2D eigenvalue weighted by atomic mass is 9.97. The number of hydrogen-bond donors (Lipinski definition) is 0. The van der Waals surface area contributed by atoms with Crippen LogP contribution in [0.15, 0.2) is 24.4 Å². The Kier molecular flexibility index (Phi) is 5.53. The molecule has 1 amide bonds. The molecule has 0 spiro atoms. The van der Waals surface area contributed by atoms with E-state index in [0.717, 1.165) is 37.9 Å². The minimum absolute atomic E-state index is 0.265. The molecule has 4 nitrogen and oxygen atoms in total. The second-order valence-corrected chi connectivity index (χ2v) is 5.83. The summed E-state index contributed by atoms with van der Waals surface area (Å²) in [5, 5.41) is 0. The summed E-state index contributed by atoms with van der Waals surface area (Å²) in [6.07, 6.45) is 7.32. The SMILES string of the molecule is CN(C)CC(=O)N1CCCC[C@H]1CCc1ccccn1. The van der Waals surface area contributed by atoms with Crippen molar-refractivity contribution in [3.05, 3.63) is 30.1 Å². The van der Waals surface area contributed by atoms with Gasteiger partial charge in [-0.3, -0.25) is 9.78 Å². The number of likely N-dealkylation sites (tertiary alicyclic amines) is 1. The minimum Gasteiger partial charge on any atom is -0.339 e. The fraction of sp³-hybridized carbons (Fsp3) is 0.625. The second-order valence-electron chi connectivity index (χ2n) is 5.83. The molecule has 0 aromatic carbocycles. The van der Waals surface area contributed by atoms with Gasteiger partial charge < -0.3 is 9.80 Å². The zero-order valence-electron chi connectivity index (χ0n) is 12.6. The number of pyridine rings is 1. The molecular weight excluding hydrogens is 250 g/mol. The first-order chi connectivity index (χ1) is 9.66. The Bertz CT molecular complexity index is 419. The average molecular weight is 275 g/mol. The van der Waals surface area contributed by atoms with Crippen molar-refractivity contribution in [2.45, 2.75) is 38.1 Å². The Morgan fingerprint density at radius 2 is 2.25 bits per heavy atom. The molecule has 2 heterocycles. The Morgan fingerprint density at radius 1 is 1.40 bits per heavy atom. The van der Waals surface area contributed by atoms with Crippen LogP contribution in [0.4, 0.5) is 0 Å². The molecule has 0 aliphatic carbocycles. The molecule has 1 atom stereocenters. The zero-order chi connectivity index (χ0) is 14.4. The predicted octanol–water partition coefficient (Wildman–Crippen LogP) is 1.96. The maximum absolute atomic E-state index is 12.3. The Labute approximate surface area is 121 Å². The summed E-state index contributed by atoms with van der Waals surface area (Å²) in [6.45, 7) is 1.43. The van der Waals surface area contributed by atoms with Gasteiger partial charge in [-0.1, -0.05) is 6.07 Å². The molecule has 0 N–H and O–H groups in total. The first-order valence-corrected chi connectivity index (χ1v) is 7.51. The minimum atomic E-state index is 0.265. The van der Waals surface area contributed by atoms with Crippen LogP contribution >= 0.6 is 0 Å². The van der Waals surface area contributed by atoms with Crippen molar-refractivity contribution in [3.8, 4) is 0 Å². The summed E-state index contributed by atoms with van der Waals surface area (Å²) in [5.74, 6) is 0.265. The zero-order valence-corrected chi connectivity index (χ0v) is 12.6. The van der Waals surface area contributed by atoms with Crippen LogP contribution in [-0.4, -0.2) is 53.9 Å². The van der Waals surface area contributed by atoms with Crippen LogP contribution in [0.1, 0.15) is 31.4 Å². The van der Waals surface area contributed by atoms with Crippen LogP contribution in [0.2, 0.25) is 0 Å².